The summed E-state index contributed by atoms with van der Waals surface area (Å²) in [5, 5.41) is 2.48. The van der Waals surface area contributed by atoms with Crippen molar-refractivity contribution in [2.24, 2.45) is 0 Å². The van der Waals surface area contributed by atoms with Crippen molar-refractivity contribution >= 4 is 27.8 Å². The molecule has 0 fully saturated rings. The van der Waals surface area contributed by atoms with Gasteiger partial charge in [0.15, 0.2) is 0 Å². The number of anilines is 3. The van der Waals surface area contributed by atoms with Gasteiger partial charge in [0, 0.05) is 22.2 Å². The van der Waals surface area contributed by atoms with Gasteiger partial charge in [0.05, 0.1) is 5.69 Å². The molecule has 0 saturated carbocycles. The molecule has 1 nitrogen and oxygen atoms in total. The minimum atomic E-state index is -0.107. The van der Waals surface area contributed by atoms with E-state index in [0.29, 0.717) is 0 Å². The smallest absolute Gasteiger partial charge is 0.0540 e. The van der Waals surface area contributed by atoms with Crippen molar-refractivity contribution in [2.75, 3.05) is 4.90 Å². The summed E-state index contributed by atoms with van der Waals surface area (Å²) in [6.07, 6.45) is 0. The molecule has 1 heteroatoms. The molecule has 1 aliphatic carbocycles. The molecule has 0 amide bonds. The van der Waals surface area contributed by atoms with Crippen LogP contribution in [0, 0.1) is 0 Å². The molecule has 0 N–H and O–H groups in total. The minimum Gasteiger partial charge on any atom is -0.310 e. The minimum absolute atomic E-state index is 0.100. The van der Waals surface area contributed by atoms with Gasteiger partial charge in [-0.15, -0.1) is 0 Å². The SMILES string of the molecule is CC(C)(C)c1cc(-c2ccccc2)ccc1N(c1ccc2c(c1)C(C)(C)c1ccccc1-2)c1ccc(-c2ccccc2)c2ccccc12. The highest BCUT2D eigenvalue weighted by molar-refractivity contribution is 6.06. The molecule has 48 heavy (non-hydrogen) atoms. The van der Waals surface area contributed by atoms with Crippen molar-refractivity contribution in [1.82, 2.24) is 0 Å². The number of nitrogens with zero attached hydrogens (tertiary/aromatic N) is 1. The molecular formula is C47H41N. The molecule has 8 rings (SSSR count). The van der Waals surface area contributed by atoms with Crippen LogP contribution >= 0.6 is 0 Å². The summed E-state index contributed by atoms with van der Waals surface area (Å²) in [6, 6.07) is 58.1. The molecule has 1 aliphatic rings. The molecule has 0 aromatic heterocycles. The molecule has 0 bridgehead atoms. The molecule has 234 valence electrons. The number of rotatable bonds is 5. The van der Waals surface area contributed by atoms with Gasteiger partial charge in [-0.2, -0.15) is 0 Å². The van der Waals surface area contributed by atoms with Gasteiger partial charge in [0.2, 0.25) is 0 Å². The van der Waals surface area contributed by atoms with Crippen LogP contribution in [0.3, 0.4) is 0 Å². The number of hydrogen-bond donors (Lipinski definition) is 0. The standard InChI is InChI=1S/C47H41N/c1-46(2,3)43-30-34(32-16-8-6-9-17-32)24-28-45(43)48(35-25-26-39-38-21-14-15-23-41(38)47(4,5)42(39)31-35)44-29-27-36(33-18-10-7-11-19-33)37-20-12-13-22-40(37)44/h6-31H,1-5H3. The number of hydrogen-bond acceptors (Lipinski definition) is 1. The first kappa shape index (κ1) is 30.0. The lowest BCUT2D eigenvalue weighted by molar-refractivity contribution is 0.591. The molecule has 0 radical (unpaired) electrons. The third-order valence-electron chi connectivity index (χ3n) is 10.2. The fourth-order valence-corrected chi connectivity index (χ4v) is 7.73. The van der Waals surface area contributed by atoms with Gasteiger partial charge in [0.1, 0.15) is 0 Å². The summed E-state index contributed by atoms with van der Waals surface area (Å²) >= 11 is 0. The van der Waals surface area contributed by atoms with Crippen LogP contribution < -0.4 is 4.90 Å². The molecule has 0 aliphatic heterocycles. The lowest BCUT2D eigenvalue weighted by atomic mass is 9.82. The fraction of sp³-hybridized carbons (Fsp3) is 0.149. The van der Waals surface area contributed by atoms with E-state index in [1.807, 2.05) is 0 Å². The van der Waals surface area contributed by atoms with Gasteiger partial charge in [-0.25, -0.2) is 0 Å². The van der Waals surface area contributed by atoms with Gasteiger partial charge >= 0.3 is 0 Å². The highest BCUT2D eigenvalue weighted by Gasteiger charge is 2.36. The molecule has 0 saturated heterocycles. The largest absolute Gasteiger partial charge is 0.310 e. The lowest BCUT2D eigenvalue weighted by Gasteiger charge is -2.34. The van der Waals surface area contributed by atoms with Crippen molar-refractivity contribution in [1.29, 1.82) is 0 Å². The lowest BCUT2D eigenvalue weighted by Crippen LogP contribution is -2.20. The zero-order valence-electron chi connectivity index (χ0n) is 28.5. The third kappa shape index (κ3) is 4.93. The molecule has 0 atom stereocenters. The van der Waals surface area contributed by atoms with E-state index in [9.17, 15) is 0 Å². The molecule has 0 heterocycles. The zero-order valence-corrected chi connectivity index (χ0v) is 28.5. The molecule has 0 spiro atoms. The van der Waals surface area contributed by atoms with Crippen molar-refractivity contribution in [2.45, 2.75) is 45.4 Å². The maximum Gasteiger partial charge on any atom is 0.0540 e. The van der Waals surface area contributed by atoms with Crippen LogP contribution in [0.5, 0.6) is 0 Å². The average Bonchev–Trinajstić information content (AvgIpc) is 3.34. The number of fused-ring (bicyclic) bond motifs is 4. The van der Waals surface area contributed by atoms with Gasteiger partial charge in [-0.05, 0) is 91.2 Å². The van der Waals surface area contributed by atoms with E-state index in [2.05, 4.69) is 197 Å². The van der Waals surface area contributed by atoms with Crippen LogP contribution in [0.2, 0.25) is 0 Å². The predicted octanol–water partition coefficient (Wildman–Crippen LogP) is 13.2. The zero-order chi connectivity index (χ0) is 33.0. The second kappa shape index (κ2) is 11.4. The molecular weight excluding hydrogens is 579 g/mol. The van der Waals surface area contributed by atoms with Crippen molar-refractivity contribution in [3.8, 4) is 33.4 Å². The predicted molar refractivity (Wildman–Crippen MR) is 206 cm³/mol. The maximum atomic E-state index is 2.52. The highest BCUT2D eigenvalue weighted by atomic mass is 15.1. The summed E-state index contributed by atoms with van der Waals surface area (Å²) in [7, 11) is 0. The maximum absolute atomic E-state index is 2.52. The Morgan fingerprint density at radius 3 is 1.75 bits per heavy atom. The normalized spacial score (nSPS) is 13.3. The number of benzene rings is 7. The quantitative estimate of drug-likeness (QED) is 0.185. The Morgan fingerprint density at radius 1 is 0.438 bits per heavy atom. The fourth-order valence-electron chi connectivity index (χ4n) is 7.73. The Bertz CT molecular complexity index is 2290. The van der Waals surface area contributed by atoms with Gasteiger partial charge < -0.3 is 4.90 Å². The van der Waals surface area contributed by atoms with Crippen LogP contribution in [0.25, 0.3) is 44.2 Å². The van der Waals surface area contributed by atoms with Crippen molar-refractivity contribution < 1.29 is 0 Å². The van der Waals surface area contributed by atoms with Crippen molar-refractivity contribution in [3.05, 3.63) is 174 Å². The highest BCUT2D eigenvalue weighted by Crippen LogP contribution is 2.52. The summed E-state index contributed by atoms with van der Waals surface area (Å²) in [5.74, 6) is 0. The van der Waals surface area contributed by atoms with Gasteiger partial charge in [-0.3, -0.25) is 0 Å². The van der Waals surface area contributed by atoms with E-state index in [4.69, 9.17) is 0 Å². The Kier molecular flexibility index (Phi) is 7.11. The second-order valence-corrected chi connectivity index (χ2v) is 14.6. The van der Waals surface area contributed by atoms with E-state index >= 15 is 0 Å². The van der Waals surface area contributed by atoms with E-state index in [-0.39, 0.29) is 10.8 Å². The topological polar surface area (TPSA) is 3.24 Å². The Morgan fingerprint density at radius 2 is 1.02 bits per heavy atom. The Labute approximate surface area is 285 Å². The first-order chi connectivity index (χ1) is 23.2. The summed E-state index contributed by atoms with van der Waals surface area (Å²) in [5.41, 5.74) is 15.0. The van der Waals surface area contributed by atoms with Crippen LogP contribution in [-0.2, 0) is 10.8 Å². The Hall–Kier alpha value is -5.40. The van der Waals surface area contributed by atoms with Crippen LogP contribution in [-0.4, -0.2) is 0 Å². The van der Waals surface area contributed by atoms with Crippen LogP contribution in [0.15, 0.2) is 158 Å². The average molecular weight is 620 g/mol. The van der Waals surface area contributed by atoms with E-state index < -0.39 is 0 Å². The summed E-state index contributed by atoms with van der Waals surface area (Å²) in [4.78, 5) is 2.52. The van der Waals surface area contributed by atoms with Crippen molar-refractivity contribution in [3.63, 3.8) is 0 Å². The van der Waals surface area contributed by atoms with E-state index in [1.165, 1.54) is 77.9 Å². The Balaban J connectivity index is 1.41. The molecule has 0 unspecified atom stereocenters. The van der Waals surface area contributed by atoms with Gasteiger partial charge in [0.25, 0.3) is 0 Å². The van der Waals surface area contributed by atoms with Crippen LogP contribution in [0.1, 0.15) is 51.3 Å². The molecule has 7 aromatic rings. The van der Waals surface area contributed by atoms with Gasteiger partial charge in [-0.1, -0.05) is 162 Å². The second-order valence-electron chi connectivity index (χ2n) is 14.6. The third-order valence-corrected chi connectivity index (χ3v) is 10.2. The monoisotopic (exact) mass is 619 g/mol. The molecule has 7 aromatic carbocycles. The first-order valence-electron chi connectivity index (χ1n) is 17.0. The first-order valence-corrected chi connectivity index (χ1v) is 17.0. The van der Waals surface area contributed by atoms with E-state index in [1.54, 1.807) is 0 Å². The van der Waals surface area contributed by atoms with Crippen LogP contribution in [0.4, 0.5) is 17.1 Å². The van der Waals surface area contributed by atoms with E-state index in [0.717, 1.165) is 0 Å². The summed E-state index contributed by atoms with van der Waals surface area (Å²) < 4.78 is 0. The summed E-state index contributed by atoms with van der Waals surface area (Å²) in [6.45, 7) is 11.7.